The number of anilines is 1. The summed E-state index contributed by atoms with van der Waals surface area (Å²) < 4.78 is 3.10. The van der Waals surface area contributed by atoms with Crippen LogP contribution in [0.5, 0.6) is 0 Å². The molecular weight excluding hydrogens is 452 g/mol. The Kier molecular flexibility index (Phi) is 7.08. The van der Waals surface area contributed by atoms with Crippen LogP contribution in [0.1, 0.15) is 10.6 Å². The maximum Gasteiger partial charge on any atom is 0.288 e. The molecule has 0 aliphatic heterocycles. The first-order valence-corrected chi connectivity index (χ1v) is 8.90. The first-order valence-electron chi connectivity index (χ1n) is 6.60. The van der Waals surface area contributed by atoms with Crippen LogP contribution in [-0.2, 0) is 0 Å². The van der Waals surface area contributed by atoms with Crippen molar-refractivity contribution in [1.29, 1.82) is 0 Å². The molecule has 0 fully saturated rings. The molecule has 25 heavy (non-hydrogen) atoms. The maximum atomic E-state index is 12.1. The van der Waals surface area contributed by atoms with Crippen molar-refractivity contribution in [3.05, 3.63) is 52.4 Å². The van der Waals surface area contributed by atoms with Crippen molar-refractivity contribution in [3.8, 4) is 0 Å². The first-order chi connectivity index (χ1) is 11.7. The standard InChI is InChI=1S/C14H10Cl5N3O2S/c15-7-3-4-9(8(16)6-7)20-13(25)22-12(14(17,18)19)21-11(23)10-2-1-5-24-10/h1-6,12H,(H,21,23)(H2,20,22,25). The van der Waals surface area contributed by atoms with Gasteiger partial charge in [0, 0.05) is 5.02 Å². The molecule has 0 aliphatic carbocycles. The topological polar surface area (TPSA) is 66.3 Å². The van der Waals surface area contributed by atoms with Gasteiger partial charge in [-0.2, -0.15) is 0 Å². The quantitative estimate of drug-likeness (QED) is 0.340. The van der Waals surface area contributed by atoms with Gasteiger partial charge in [-0.25, -0.2) is 0 Å². The molecule has 2 aromatic rings. The predicted octanol–water partition coefficient (Wildman–Crippen LogP) is 5.00. The fourth-order valence-corrected chi connectivity index (χ4v) is 2.70. The van der Waals surface area contributed by atoms with Crippen molar-refractivity contribution in [2.24, 2.45) is 0 Å². The Morgan fingerprint density at radius 3 is 2.44 bits per heavy atom. The van der Waals surface area contributed by atoms with Crippen LogP contribution in [0.15, 0.2) is 41.0 Å². The second kappa shape index (κ2) is 8.66. The Morgan fingerprint density at radius 1 is 1.16 bits per heavy atom. The Balaban J connectivity index is 2.06. The predicted molar refractivity (Wildman–Crippen MR) is 106 cm³/mol. The van der Waals surface area contributed by atoms with E-state index in [1.54, 1.807) is 24.3 Å². The number of alkyl halides is 3. The number of benzene rings is 1. The number of halogens is 5. The van der Waals surface area contributed by atoms with Gasteiger partial charge in [0.2, 0.25) is 3.79 Å². The van der Waals surface area contributed by atoms with Crippen LogP contribution in [-0.4, -0.2) is 21.0 Å². The summed E-state index contributed by atoms with van der Waals surface area (Å²) in [6.07, 6.45) is 0.211. The van der Waals surface area contributed by atoms with E-state index in [1.165, 1.54) is 12.3 Å². The molecule has 3 N–H and O–H groups in total. The molecular formula is C14H10Cl5N3O2S. The molecule has 1 aromatic heterocycles. The lowest BCUT2D eigenvalue weighted by Gasteiger charge is -2.27. The Morgan fingerprint density at radius 2 is 1.88 bits per heavy atom. The van der Waals surface area contributed by atoms with Crippen molar-refractivity contribution < 1.29 is 9.21 Å². The molecule has 0 radical (unpaired) electrons. The van der Waals surface area contributed by atoms with Gasteiger partial charge < -0.3 is 20.4 Å². The molecule has 0 bridgehead atoms. The Labute approximate surface area is 173 Å². The molecule has 134 valence electrons. The summed E-state index contributed by atoms with van der Waals surface area (Å²) >= 11 is 34.7. The van der Waals surface area contributed by atoms with Gasteiger partial charge in [-0.05, 0) is 42.5 Å². The van der Waals surface area contributed by atoms with E-state index in [0.717, 1.165) is 0 Å². The number of furan rings is 1. The fourth-order valence-electron chi connectivity index (χ4n) is 1.69. The number of amides is 1. The Bertz CT molecular complexity index is 764. The van der Waals surface area contributed by atoms with Gasteiger partial charge in [-0.3, -0.25) is 4.79 Å². The molecule has 1 amide bonds. The molecule has 0 aliphatic rings. The summed E-state index contributed by atoms with van der Waals surface area (Å²) in [6.45, 7) is 0. The number of thiocarbonyl (C=S) groups is 1. The highest BCUT2D eigenvalue weighted by Gasteiger charge is 2.35. The van der Waals surface area contributed by atoms with Crippen LogP contribution in [0.25, 0.3) is 0 Å². The summed E-state index contributed by atoms with van der Waals surface area (Å²) in [4.78, 5) is 12.1. The normalized spacial score (nSPS) is 12.4. The third kappa shape index (κ3) is 6.09. The average Bonchev–Trinajstić information content (AvgIpc) is 3.03. The summed E-state index contributed by atoms with van der Waals surface area (Å²) in [5, 5.41) is 8.90. The van der Waals surface area contributed by atoms with Crippen LogP contribution in [0.2, 0.25) is 10.0 Å². The van der Waals surface area contributed by atoms with Gasteiger partial charge in [0.25, 0.3) is 5.91 Å². The van der Waals surface area contributed by atoms with Gasteiger partial charge in [0.15, 0.2) is 10.9 Å². The van der Waals surface area contributed by atoms with Gasteiger partial charge in [-0.1, -0.05) is 58.0 Å². The lowest BCUT2D eigenvalue weighted by atomic mass is 10.3. The van der Waals surface area contributed by atoms with Crippen LogP contribution < -0.4 is 16.0 Å². The van der Waals surface area contributed by atoms with Crippen molar-refractivity contribution >= 4 is 86.9 Å². The Hall–Kier alpha value is -0.890. The zero-order valence-electron chi connectivity index (χ0n) is 12.2. The minimum Gasteiger partial charge on any atom is -0.459 e. The fraction of sp³-hybridized carbons (Fsp3) is 0.143. The van der Waals surface area contributed by atoms with Gasteiger partial charge in [0.05, 0.1) is 17.0 Å². The molecule has 0 saturated heterocycles. The van der Waals surface area contributed by atoms with E-state index in [2.05, 4.69) is 16.0 Å². The summed E-state index contributed by atoms with van der Waals surface area (Å²) in [6, 6.07) is 7.82. The van der Waals surface area contributed by atoms with Gasteiger partial charge in [-0.15, -0.1) is 0 Å². The zero-order chi connectivity index (χ0) is 18.6. The molecule has 1 aromatic carbocycles. The van der Waals surface area contributed by atoms with Crippen molar-refractivity contribution in [2.75, 3.05) is 5.32 Å². The highest BCUT2D eigenvalue weighted by molar-refractivity contribution is 7.80. The second-order valence-electron chi connectivity index (χ2n) is 4.65. The monoisotopic (exact) mass is 459 g/mol. The lowest BCUT2D eigenvalue weighted by Crippen LogP contribution is -2.56. The largest absolute Gasteiger partial charge is 0.459 e. The SMILES string of the molecule is O=C(NC(NC(=S)Nc1ccc(Cl)cc1Cl)C(Cl)(Cl)Cl)c1ccco1. The van der Waals surface area contributed by atoms with Crippen LogP contribution >= 0.6 is 70.2 Å². The van der Waals surface area contributed by atoms with Crippen molar-refractivity contribution in [1.82, 2.24) is 10.6 Å². The number of nitrogens with one attached hydrogen (secondary N) is 3. The minimum atomic E-state index is -1.89. The number of carbonyl (C=O) groups is 1. The molecule has 11 heteroatoms. The van der Waals surface area contributed by atoms with E-state index in [-0.39, 0.29) is 10.9 Å². The molecule has 0 saturated carbocycles. The molecule has 1 atom stereocenters. The highest BCUT2D eigenvalue weighted by atomic mass is 35.6. The van der Waals surface area contributed by atoms with Crippen molar-refractivity contribution in [2.45, 2.75) is 9.96 Å². The van der Waals surface area contributed by atoms with E-state index >= 15 is 0 Å². The third-order valence-corrected chi connectivity index (χ3v) is 4.22. The third-order valence-electron chi connectivity index (χ3n) is 2.80. The number of rotatable bonds is 4. The van der Waals surface area contributed by atoms with Crippen LogP contribution in [0.3, 0.4) is 0 Å². The van der Waals surface area contributed by atoms with E-state index < -0.39 is 15.9 Å². The molecule has 2 rings (SSSR count). The molecule has 5 nitrogen and oxygen atoms in total. The van der Waals surface area contributed by atoms with Gasteiger partial charge in [0.1, 0.15) is 6.17 Å². The van der Waals surface area contributed by atoms with Crippen LogP contribution in [0.4, 0.5) is 5.69 Å². The first kappa shape index (κ1) is 20.4. The zero-order valence-corrected chi connectivity index (χ0v) is 16.8. The van der Waals surface area contributed by atoms with E-state index in [1.807, 2.05) is 0 Å². The summed E-state index contributed by atoms with van der Waals surface area (Å²) in [5.74, 6) is -0.526. The minimum absolute atomic E-state index is 0.0562. The lowest BCUT2D eigenvalue weighted by molar-refractivity contribution is 0.0906. The van der Waals surface area contributed by atoms with E-state index in [0.29, 0.717) is 15.7 Å². The smallest absolute Gasteiger partial charge is 0.288 e. The summed E-state index contributed by atoms with van der Waals surface area (Å²) in [7, 11) is 0. The molecule has 1 unspecified atom stereocenters. The van der Waals surface area contributed by atoms with E-state index in [4.69, 9.17) is 74.6 Å². The maximum absolute atomic E-state index is 12.1. The number of carbonyl (C=O) groups excluding carboxylic acids is 1. The van der Waals surface area contributed by atoms with Gasteiger partial charge >= 0.3 is 0 Å². The highest BCUT2D eigenvalue weighted by Crippen LogP contribution is 2.30. The second-order valence-corrected chi connectivity index (χ2v) is 8.27. The van der Waals surface area contributed by atoms with Crippen LogP contribution in [0, 0.1) is 0 Å². The van der Waals surface area contributed by atoms with Crippen molar-refractivity contribution in [3.63, 3.8) is 0 Å². The molecule has 0 spiro atoms. The average molecular weight is 462 g/mol. The number of hydrogen-bond donors (Lipinski definition) is 3. The molecule has 1 heterocycles. The summed E-state index contributed by atoms with van der Waals surface area (Å²) in [5.41, 5.74) is 0.490. The number of hydrogen-bond acceptors (Lipinski definition) is 3. The van der Waals surface area contributed by atoms with E-state index in [9.17, 15) is 4.79 Å².